The second-order valence-corrected chi connectivity index (χ2v) is 5.00. The molecule has 0 saturated heterocycles. The van der Waals surface area contributed by atoms with Gasteiger partial charge in [0.25, 0.3) is 0 Å². The third-order valence-corrected chi connectivity index (χ3v) is 3.44. The Bertz CT molecular complexity index is 512. The van der Waals surface area contributed by atoms with Gasteiger partial charge in [-0.1, -0.05) is 6.92 Å². The summed E-state index contributed by atoms with van der Waals surface area (Å²) in [6.07, 6.45) is 3.56. The molecule has 0 radical (unpaired) electrons. The molecule has 1 atom stereocenters. The Hall–Kier alpha value is -1.46. The van der Waals surface area contributed by atoms with Gasteiger partial charge in [0, 0.05) is 11.6 Å². The van der Waals surface area contributed by atoms with E-state index < -0.39 is 0 Å². The van der Waals surface area contributed by atoms with E-state index in [2.05, 4.69) is 27.6 Å². The SMILES string of the molecule is CCNC(c1cncc(OC)c1)c1csc(C)n1. The number of nitrogens with zero attached hydrogens (tertiary/aromatic N) is 2. The van der Waals surface area contributed by atoms with Gasteiger partial charge in [0.05, 0.1) is 30.1 Å². The van der Waals surface area contributed by atoms with Crippen molar-refractivity contribution in [3.05, 3.63) is 40.1 Å². The van der Waals surface area contributed by atoms with E-state index in [1.54, 1.807) is 24.6 Å². The van der Waals surface area contributed by atoms with Crippen LogP contribution >= 0.6 is 11.3 Å². The first kappa shape index (κ1) is 13.0. The Balaban J connectivity index is 2.34. The van der Waals surface area contributed by atoms with Crippen molar-refractivity contribution in [3.63, 3.8) is 0 Å². The Morgan fingerprint density at radius 1 is 1.44 bits per heavy atom. The molecule has 0 fully saturated rings. The van der Waals surface area contributed by atoms with Crippen molar-refractivity contribution in [3.8, 4) is 5.75 Å². The van der Waals surface area contributed by atoms with Crippen LogP contribution < -0.4 is 10.1 Å². The second-order valence-electron chi connectivity index (χ2n) is 3.94. The molecule has 5 heteroatoms. The topological polar surface area (TPSA) is 47.0 Å². The number of aryl methyl sites for hydroxylation is 1. The van der Waals surface area contributed by atoms with Gasteiger partial charge in [-0.25, -0.2) is 4.98 Å². The molecule has 0 aliphatic heterocycles. The van der Waals surface area contributed by atoms with Crippen molar-refractivity contribution in [2.24, 2.45) is 0 Å². The molecule has 0 bridgehead atoms. The molecule has 0 aliphatic rings. The number of hydrogen-bond acceptors (Lipinski definition) is 5. The molecular weight excluding hydrogens is 246 g/mol. The first-order chi connectivity index (χ1) is 8.74. The number of ether oxygens (including phenoxy) is 1. The normalized spacial score (nSPS) is 12.4. The van der Waals surface area contributed by atoms with Crippen LogP contribution in [0.4, 0.5) is 0 Å². The smallest absolute Gasteiger partial charge is 0.137 e. The van der Waals surface area contributed by atoms with Gasteiger partial charge in [-0.05, 0) is 25.1 Å². The van der Waals surface area contributed by atoms with Crippen LogP contribution in [-0.2, 0) is 0 Å². The Labute approximate surface area is 111 Å². The molecule has 0 aromatic carbocycles. The number of hydrogen-bond donors (Lipinski definition) is 1. The van der Waals surface area contributed by atoms with Crippen LogP contribution in [0, 0.1) is 6.92 Å². The van der Waals surface area contributed by atoms with E-state index >= 15 is 0 Å². The van der Waals surface area contributed by atoms with Crippen LogP contribution in [-0.4, -0.2) is 23.6 Å². The molecule has 0 saturated carbocycles. The average molecular weight is 263 g/mol. The van der Waals surface area contributed by atoms with E-state index in [-0.39, 0.29) is 6.04 Å². The standard InChI is InChI=1S/C13H17N3OS/c1-4-15-13(12-8-18-9(2)16-12)10-5-11(17-3)7-14-6-10/h5-8,13,15H,4H2,1-3H3. The Kier molecular flexibility index (Phi) is 4.28. The van der Waals surface area contributed by atoms with E-state index in [9.17, 15) is 0 Å². The van der Waals surface area contributed by atoms with E-state index in [4.69, 9.17) is 4.74 Å². The summed E-state index contributed by atoms with van der Waals surface area (Å²) in [4.78, 5) is 8.75. The minimum absolute atomic E-state index is 0.0718. The zero-order chi connectivity index (χ0) is 13.0. The molecule has 2 heterocycles. The highest BCUT2D eigenvalue weighted by Crippen LogP contribution is 2.25. The highest BCUT2D eigenvalue weighted by atomic mass is 32.1. The van der Waals surface area contributed by atoms with E-state index in [1.165, 1.54) is 0 Å². The van der Waals surface area contributed by atoms with Crippen LogP contribution in [0.15, 0.2) is 23.8 Å². The summed E-state index contributed by atoms with van der Waals surface area (Å²) >= 11 is 1.66. The quantitative estimate of drug-likeness (QED) is 0.900. The summed E-state index contributed by atoms with van der Waals surface area (Å²) in [6, 6.07) is 2.07. The number of pyridine rings is 1. The molecular formula is C13H17N3OS. The number of rotatable bonds is 5. The van der Waals surface area contributed by atoms with Gasteiger partial charge in [0.15, 0.2) is 0 Å². The third kappa shape index (κ3) is 2.86. The fraction of sp³-hybridized carbons (Fsp3) is 0.385. The third-order valence-electron chi connectivity index (χ3n) is 2.64. The average Bonchev–Trinajstić information content (AvgIpc) is 2.82. The summed E-state index contributed by atoms with van der Waals surface area (Å²) in [7, 11) is 1.65. The number of nitrogens with one attached hydrogen (secondary N) is 1. The molecule has 18 heavy (non-hydrogen) atoms. The monoisotopic (exact) mass is 263 g/mol. The lowest BCUT2D eigenvalue weighted by Crippen LogP contribution is -2.22. The van der Waals surface area contributed by atoms with Gasteiger partial charge in [-0.15, -0.1) is 11.3 Å². The second kappa shape index (κ2) is 5.93. The van der Waals surface area contributed by atoms with Crippen LogP contribution in [0.5, 0.6) is 5.75 Å². The number of aromatic nitrogens is 2. The van der Waals surface area contributed by atoms with Gasteiger partial charge >= 0.3 is 0 Å². The first-order valence-electron chi connectivity index (χ1n) is 5.89. The maximum Gasteiger partial charge on any atom is 0.137 e. The van der Waals surface area contributed by atoms with Crippen molar-refractivity contribution in [1.29, 1.82) is 0 Å². The van der Waals surface area contributed by atoms with Crippen molar-refractivity contribution in [2.45, 2.75) is 19.9 Å². The molecule has 0 aliphatic carbocycles. The molecule has 2 aromatic heterocycles. The lowest BCUT2D eigenvalue weighted by molar-refractivity contribution is 0.411. The lowest BCUT2D eigenvalue weighted by atomic mass is 10.1. The summed E-state index contributed by atoms with van der Waals surface area (Å²) in [5, 5.41) is 6.59. The summed E-state index contributed by atoms with van der Waals surface area (Å²) < 4.78 is 5.22. The molecule has 0 spiro atoms. The predicted molar refractivity (Wildman–Crippen MR) is 73.2 cm³/mol. The van der Waals surface area contributed by atoms with Crippen molar-refractivity contribution in [2.75, 3.05) is 13.7 Å². The molecule has 1 unspecified atom stereocenters. The van der Waals surface area contributed by atoms with E-state index in [0.717, 1.165) is 28.6 Å². The fourth-order valence-electron chi connectivity index (χ4n) is 1.82. The van der Waals surface area contributed by atoms with Gasteiger partial charge in [-0.2, -0.15) is 0 Å². The van der Waals surface area contributed by atoms with Crippen LogP contribution in [0.2, 0.25) is 0 Å². The van der Waals surface area contributed by atoms with Crippen molar-refractivity contribution < 1.29 is 4.74 Å². The minimum Gasteiger partial charge on any atom is -0.495 e. The van der Waals surface area contributed by atoms with Crippen LogP contribution in [0.3, 0.4) is 0 Å². The van der Waals surface area contributed by atoms with Gasteiger partial charge in [0.1, 0.15) is 5.75 Å². The lowest BCUT2D eigenvalue weighted by Gasteiger charge is -2.16. The van der Waals surface area contributed by atoms with Crippen molar-refractivity contribution in [1.82, 2.24) is 15.3 Å². The summed E-state index contributed by atoms with van der Waals surface area (Å²) in [5.41, 5.74) is 2.11. The Morgan fingerprint density at radius 3 is 2.89 bits per heavy atom. The van der Waals surface area contributed by atoms with E-state index in [0.29, 0.717) is 0 Å². The predicted octanol–water partition coefficient (Wildman–Crippen LogP) is 2.55. The number of thiazole rings is 1. The molecule has 96 valence electrons. The van der Waals surface area contributed by atoms with Crippen LogP contribution in [0.25, 0.3) is 0 Å². The molecule has 2 aromatic rings. The zero-order valence-corrected chi connectivity index (χ0v) is 11.6. The Morgan fingerprint density at radius 2 is 2.28 bits per heavy atom. The minimum atomic E-state index is 0.0718. The maximum atomic E-state index is 5.22. The van der Waals surface area contributed by atoms with E-state index in [1.807, 2.05) is 19.2 Å². The van der Waals surface area contributed by atoms with Gasteiger partial charge in [0.2, 0.25) is 0 Å². The maximum absolute atomic E-state index is 5.22. The molecule has 2 rings (SSSR count). The van der Waals surface area contributed by atoms with Crippen molar-refractivity contribution >= 4 is 11.3 Å². The molecule has 1 N–H and O–H groups in total. The largest absolute Gasteiger partial charge is 0.495 e. The van der Waals surface area contributed by atoms with Gasteiger partial charge < -0.3 is 10.1 Å². The summed E-state index contributed by atoms with van der Waals surface area (Å²) in [5.74, 6) is 0.766. The summed E-state index contributed by atoms with van der Waals surface area (Å²) in [6.45, 7) is 4.97. The van der Waals surface area contributed by atoms with Gasteiger partial charge in [-0.3, -0.25) is 4.98 Å². The molecule has 0 amide bonds. The number of methoxy groups -OCH3 is 1. The zero-order valence-electron chi connectivity index (χ0n) is 10.8. The highest BCUT2D eigenvalue weighted by molar-refractivity contribution is 7.09. The van der Waals surface area contributed by atoms with Crippen LogP contribution in [0.1, 0.15) is 29.2 Å². The fourth-order valence-corrected chi connectivity index (χ4v) is 2.45. The first-order valence-corrected chi connectivity index (χ1v) is 6.77. The molecule has 4 nitrogen and oxygen atoms in total. The highest BCUT2D eigenvalue weighted by Gasteiger charge is 2.16.